The van der Waals surface area contributed by atoms with Crippen molar-refractivity contribution in [3.8, 4) is 5.75 Å². The minimum Gasteiger partial charge on any atom is -0.495 e. The van der Waals surface area contributed by atoms with E-state index in [1.165, 1.54) is 6.07 Å². The summed E-state index contributed by atoms with van der Waals surface area (Å²) >= 11 is 0. The van der Waals surface area contributed by atoms with Crippen LogP contribution < -0.4 is 10.1 Å². The largest absolute Gasteiger partial charge is 0.495 e. The molecule has 1 N–H and O–H groups in total. The van der Waals surface area contributed by atoms with Gasteiger partial charge in [-0.15, -0.1) is 0 Å². The molecule has 26 heavy (non-hydrogen) atoms. The molecule has 0 radical (unpaired) electrons. The molecule has 0 saturated heterocycles. The van der Waals surface area contributed by atoms with Gasteiger partial charge in [-0.1, -0.05) is 54.6 Å². The molecule has 5 heteroatoms. The van der Waals surface area contributed by atoms with E-state index in [4.69, 9.17) is 4.74 Å². The molecule has 0 aliphatic heterocycles. The minimum atomic E-state index is -0.369. The number of hydrogen-bond acceptors (Lipinski definition) is 4. The first-order chi connectivity index (χ1) is 12.7. The fourth-order valence-electron chi connectivity index (χ4n) is 3.22. The molecule has 0 atom stereocenters. The normalized spacial score (nSPS) is 10.8. The first-order valence-electron chi connectivity index (χ1n) is 8.18. The molecular formula is C21H16N2O3. The van der Waals surface area contributed by atoms with Gasteiger partial charge in [-0.25, -0.2) is 0 Å². The van der Waals surface area contributed by atoms with E-state index in [9.17, 15) is 10.1 Å². The van der Waals surface area contributed by atoms with Crippen molar-refractivity contribution in [1.29, 1.82) is 0 Å². The van der Waals surface area contributed by atoms with Crippen LogP contribution in [0.2, 0.25) is 0 Å². The van der Waals surface area contributed by atoms with Crippen LogP contribution >= 0.6 is 0 Å². The van der Waals surface area contributed by atoms with Crippen LogP contribution in [0.1, 0.15) is 0 Å². The third kappa shape index (κ3) is 2.59. The Labute approximate surface area is 150 Å². The van der Waals surface area contributed by atoms with Gasteiger partial charge >= 0.3 is 0 Å². The van der Waals surface area contributed by atoms with Crippen molar-refractivity contribution >= 4 is 38.6 Å². The molecule has 4 aromatic carbocycles. The molecule has 0 aliphatic rings. The molecule has 0 fully saturated rings. The Morgan fingerprint density at radius 2 is 1.38 bits per heavy atom. The second-order valence-electron chi connectivity index (χ2n) is 5.93. The Bertz CT molecular complexity index is 1140. The van der Waals surface area contributed by atoms with Crippen molar-refractivity contribution in [3.05, 3.63) is 82.9 Å². The van der Waals surface area contributed by atoms with Gasteiger partial charge in [-0.3, -0.25) is 10.1 Å². The van der Waals surface area contributed by atoms with Crippen LogP contribution in [0, 0.1) is 10.1 Å². The average molecular weight is 344 g/mol. The number of nitrogens with zero attached hydrogens (tertiary/aromatic N) is 1. The second kappa shape index (κ2) is 6.37. The van der Waals surface area contributed by atoms with Crippen molar-refractivity contribution < 1.29 is 9.66 Å². The van der Waals surface area contributed by atoms with Crippen molar-refractivity contribution in [1.82, 2.24) is 0 Å². The van der Waals surface area contributed by atoms with E-state index >= 15 is 0 Å². The summed E-state index contributed by atoms with van der Waals surface area (Å²) in [6.07, 6.45) is 0. The average Bonchev–Trinajstić information content (AvgIpc) is 2.68. The molecule has 0 spiro atoms. The molecular weight excluding hydrogens is 328 g/mol. The second-order valence-corrected chi connectivity index (χ2v) is 5.93. The van der Waals surface area contributed by atoms with Crippen molar-refractivity contribution in [3.63, 3.8) is 0 Å². The number of anilines is 2. The number of nitro benzene ring substituents is 1. The smallest absolute Gasteiger partial charge is 0.293 e. The van der Waals surface area contributed by atoms with Gasteiger partial charge in [0.15, 0.2) is 0 Å². The topological polar surface area (TPSA) is 64.4 Å². The highest BCUT2D eigenvalue weighted by Crippen LogP contribution is 2.40. The Kier molecular flexibility index (Phi) is 3.89. The highest BCUT2D eigenvalue weighted by Gasteiger charge is 2.19. The quantitative estimate of drug-likeness (QED) is 0.383. The third-order valence-electron chi connectivity index (χ3n) is 4.46. The summed E-state index contributed by atoms with van der Waals surface area (Å²) in [4.78, 5) is 11.2. The summed E-state index contributed by atoms with van der Waals surface area (Å²) in [7, 11) is 1.59. The fourth-order valence-corrected chi connectivity index (χ4v) is 3.22. The molecule has 0 unspecified atom stereocenters. The van der Waals surface area contributed by atoms with Gasteiger partial charge in [0, 0.05) is 16.8 Å². The van der Waals surface area contributed by atoms with E-state index in [0.29, 0.717) is 17.1 Å². The number of nitro groups is 1. The minimum absolute atomic E-state index is 0.0266. The first-order valence-corrected chi connectivity index (χ1v) is 8.18. The molecule has 0 heterocycles. The zero-order chi connectivity index (χ0) is 18.1. The molecule has 0 aromatic heterocycles. The zero-order valence-corrected chi connectivity index (χ0v) is 14.1. The number of rotatable bonds is 4. The summed E-state index contributed by atoms with van der Waals surface area (Å²) in [5.74, 6) is 0.630. The lowest BCUT2D eigenvalue weighted by Crippen LogP contribution is -2.00. The van der Waals surface area contributed by atoms with Crippen LogP contribution in [0.3, 0.4) is 0 Å². The number of methoxy groups -OCH3 is 1. The summed E-state index contributed by atoms with van der Waals surface area (Å²) in [6, 6.07) is 22.6. The van der Waals surface area contributed by atoms with E-state index in [2.05, 4.69) is 5.32 Å². The van der Waals surface area contributed by atoms with Crippen molar-refractivity contribution in [2.75, 3.05) is 12.4 Å². The molecule has 0 bridgehead atoms. The van der Waals surface area contributed by atoms with Crippen LogP contribution in [0.15, 0.2) is 72.8 Å². The Morgan fingerprint density at radius 3 is 2.00 bits per heavy atom. The molecule has 0 amide bonds. The van der Waals surface area contributed by atoms with Gasteiger partial charge in [0.2, 0.25) is 0 Å². The summed E-state index contributed by atoms with van der Waals surface area (Å²) in [5, 5.41) is 18.6. The summed E-state index contributed by atoms with van der Waals surface area (Å²) < 4.78 is 5.51. The van der Waals surface area contributed by atoms with Gasteiger partial charge in [0.1, 0.15) is 11.4 Å². The number of fused-ring (bicyclic) bond motifs is 2. The van der Waals surface area contributed by atoms with Gasteiger partial charge in [-0.2, -0.15) is 0 Å². The van der Waals surface area contributed by atoms with E-state index in [-0.39, 0.29) is 10.6 Å². The number of ether oxygens (including phenoxy) is 1. The molecule has 4 aromatic rings. The Morgan fingerprint density at radius 1 is 0.808 bits per heavy atom. The van der Waals surface area contributed by atoms with E-state index in [0.717, 1.165) is 21.5 Å². The Hall–Kier alpha value is -3.60. The first kappa shape index (κ1) is 15.9. The molecule has 5 nitrogen and oxygen atoms in total. The van der Waals surface area contributed by atoms with E-state index < -0.39 is 0 Å². The van der Waals surface area contributed by atoms with Crippen molar-refractivity contribution in [2.24, 2.45) is 0 Å². The molecule has 0 saturated carbocycles. The maximum Gasteiger partial charge on any atom is 0.293 e. The third-order valence-corrected chi connectivity index (χ3v) is 4.46. The van der Waals surface area contributed by atoms with Gasteiger partial charge < -0.3 is 10.1 Å². The maximum atomic E-state index is 11.6. The lowest BCUT2D eigenvalue weighted by Gasteiger charge is -2.16. The van der Waals surface area contributed by atoms with Crippen LogP contribution in [-0.2, 0) is 0 Å². The predicted octanol–water partition coefficient (Wildman–Crippen LogP) is 5.65. The number of hydrogen-bond donors (Lipinski definition) is 1. The van der Waals surface area contributed by atoms with Gasteiger partial charge in [0.25, 0.3) is 5.69 Å². The highest BCUT2D eigenvalue weighted by molar-refractivity contribution is 6.05. The van der Waals surface area contributed by atoms with Gasteiger partial charge in [-0.05, 0) is 22.9 Å². The fraction of sp³-hybridized carbons (Fsp3) is 0.0476. The maximum absolute atomic E-state index is 11.6. The zero-order valence-electron chi connectivity index (χ0n) is 14.1. The van der Waals surface area contributed by atoms with Crippen LogP contribution in [0.4, 0.5) is 17.1 Å². The summed E-state index contributed by atoms with van der Waals surface area (Å²) in [5.41, 5.74) is 1.20. The van der Waals surface area contributed by atoms with E-state index in [1.54, 1.807) is 13.2 Å². The SMILES string of the molecule is COc1ccc2ccccc2c1Nc1c([N+](=O)[O-])ccc2ccccc12. The van der Waals surface area contributed by atoms with Gasteiger partial charge in [0.05, 0.1) is 17.7 Å². The van der Waals surface area contributed by atoms with Crippen molar-refractivity contribution in [2.45, 2.75) is 0 Å². The number of benzene rings is 4. The van der Waals surface area contributed by atoms with Crippen LogP contribution in [0.25, 0.3) is 21.5 Å². The standard InChI is InChI=1S/C21H16N2O3/c1-26-19-13-11-15-7-3-5-9-17(15)21(19)22-20-16-8-4-2-6-14(16)10-12-18(20)23(24)25/h2-13,22H,1H3. The molecule has 4 rings (SSSR count). The van der Waals surface area contributed by atoms with Crippen LogP contribution in [0.5, 0.6) is 5.75 Å². The Balaban J connectivity index is 2.00. The molecule has 128 valence electrons. The van der Waals surface area contributed by atoms with Crippen LogP contribution in [-0.4, -0.2) is 12.0 Å². The number of nitrogens with one attached hydrogen (secondary N) is 1. The van der Waals surface area contributed by atoms with E-state index in [1.807, 2.05) is 60.7 Å². The lowest BCUT2D eigenvalue weighted by atomic mass is 10.0. The highest BCUT2D eigenvalue weighted by atomic mass is 16.6. The summed E-state index contributed by atoms with van der Waals surface area (Å²) in [6.45, 7) is 0. The lowest BCUT2D eigenvalue weighted by molar-refractivity contribution is -0.383. The predicted molar refractivity (Wildman–Crippen MR) is 104 cm³/mol. The molecule has 0 aliphatic carbocycles. The monoisotopic (exact) mass is 344 g/mol.